The molecule has 0 radical (unpaired) electrons. The Labute approximate surface area is 125 Å². The zero-order chi connectivity index (χ0) is 14.4. The Hall–Kier alpha value is -0.810. The van der Waals surface area contributed by atoms with E-state index in [2.05, 4.69) is 16.3 Å². The van der Waals surface area contributed by atoms with Gasteiger partial charge in [-0.1, -0.05) is 11.6 Å². The molecule has 1 unspecified atom stereocenters. The molecular formula is C15H23ClN2O2. The van der Waals surface area contributed by atoms with Crippen LogP contribution in [0.3, 0.4) is 0 Å². The minimum Gasteiger partial charge on any atom is -0.394 e. The summed E-state index contributed by atoms with van der Waals surface area (Å²) in [5.41, 5.74) is 2.35. The third-order valence-corrected chi connectivity index (χ3v) is 3.97. The highest BCUT2D eigenvalue weighted by Gasteiger charge is 2.25. The molecule has 0 amide bonds. The van der Waals surface area contributed by atoms with Crippen LogP contribution in [0, 0.1) is 0 Å². The van der Waals surface area contributed by atoms with E-state index in [-0.39, 0.29) is 12.6 Å². The van der Waals surface area contributed by atoms with Gasteiger partial charge >= 0.3 is 0 Å². The molecule has 1 fully saturated rings. The SMILES string of the molecule is COCCNCc1cc(Cl)ccc1N1CCCC1CO. The Kier molecular flexibility index (Phi) is 6.10. The zero-order valence-electron chi connectivity index (χ0n) is 11.9. The fourth-order valence-corrected chi connectivity index (χ4v) is 2.91. The Morgan fingerprint density at radius 2 is 2.35 bits per heavy atom. The lowest BCUT2D eigenvalue weighted by atomic mass is 10.1. The molecule has 4 nitrogen and oxygen atoms in total. The molecule has 5 heteroatoms. The Bertz CT molecular complexity index is 428. The van der Waals surface area contributed by atoms with Crippen molar-refractivity contribution in [1.82, 2.24) is 5.32 Å². The van der Waals surface area contributed by atoms with Crippen LogP contribution in [0.4, 0.5) is 5.69 Å². The average molecular weight is 299 g/mol. The van der Waals surface area contributed by atoms with Gasteiger partial charge in [0.25, 0.3) is 0 Å². The molecule has 0 aliphatic carbocycles. The van der Waals surface area contributed by atoms with E-state index in [1.807, 2.05) is 12.1 Å². The number of benzene rings is 1. The van der Waals surface area contributed by atoms with Gasteiger partial charge in [-0.05, 0) is 36.6 Å². The number of anilines is 1. The molecule has 1 aliphatic rings. The monoisotopic (exact) mass is 298 g/mol. The van der Waals surface area contributed by atoms with Crippen molar-refractivity contribution in [2.75, 3.05) is 38.3 Å². The van der Waals surface area contributed by atoms with E-state index >= 15 is 0 Å². The minimum atomic E-state index is 0.208. The first-order chi connectivity index (χ1) is 9.76. The van der Waals surface area contributed by atoms with Gasteiger partial charge in [-0.3, -0.25) is 0 Å². The van der Waals surface area contributed by atoms with Gasteiger partial charge in [-0.25, -0.2) is 0 Å². The number of nitrogens with zero attached hydrogens (tertiary/aromatic N) is 1. The number of hydrogen-bond donors (Lipinski definition) is 2. The molecule has 1 aromatic carbocycles. The van der Waals surface area contributed by atoms with E-state index in [0.717, 1.165) is 37.5 Å². The summed E-state index contributed by atoms with van der Waals surface area (Å²) in [5, 5.41) is 13.6. The summed E-state index contributed by atoms with van der Waals surface area (Å²) < 4.78 is 5.04. The number of aliphatic hydroxyl groups is 1. The van der Waals surface area contributed by atoms with Gasteiger partial charge in [0.2, 0.25) is 0 Å². The van der Waals surface area contributed by atoms with Crippen molar-refractivity contribution in [2.45, 2.75) is 25.4 Å². The first kappa shape index (κ1) is 15.6. The van der Waals surface area contributed by atoms with Crippen LogP contribution in [0.5, 0.6) is 0 Å². The van der Waals surface area contributed by atoms with Gasteiger partial charge in [0.15, 0.2) is 0 Å². The number of ether oxygens (including phenoxy) is 1. The molecule has 1 aliphatic heterocycles. The van der Waals surface area contributed by atoms with Crippen LogP contribution in [0.1, 0.15) is 18.4 Å². The van der Waals surface area contributed by atoms with Crippen LogP contribution in [-0.2, 0) is 11.3 Å². The van der Waals surface area contributed by atoms with E-state index < -0.39 is 0 Å². The van der Waals surface area contributed by atoms with Crippen LogP contribution < -0.4 is 10.2 Å². The second-order valence-electron chi connectivity index (χ2n) is 5.11. The number of rotatable bonds is 7. The van der Waals surface area contributed by atoms with Gasteiger partial charge < -0.3 is 20.1 Å². The van der Waals surface area contributed by atoms with Crippen molar-refractivity contribution < 1.29 is 9.84 Å². The van der Waals surface area contributed by atoms with Gasteiger partial charge in [-0.15, -0.1) is 0 Å². The summed E-state index contributed by atoms with van der Waals surface area (Å²) in [7, 11) is 1.70. The van der Waals surface area contributed by atoms with Crippen LogP contribution in [-0.4, -0.2) is 44.6 Å². The number of methoxy groups -OCH3 is 1. The third-order valence-electron chi connectivity index (χ3n) is 3.74. The molecule has 1 saturated heterocycles. The molecule has 0 bridgehead atoms. The van der Waals surface area contributed by atoms with E-state index in [4.69, 9.17) is 16.3 Å². The Balaban J connectivity index is 2.10. The molecule has 2 N–H and O–H groups in total. The topological polar surface area (TPSA) is 44.7 Å². The first-order valence-corrected chi connectivity index (χ1v) is 7.49. The first-order valence-electron chi connectivity index (χ1n) is 7.12. The summed E-state index contributed by atoms with van der Waals surface area (Å²) in [6.07, 6.45) is 2.18. The summed E-state index contributed by atoms with van der Waals surface area (Å²) in [4.78, 5) is 2.30. The van der Waals surface area contributed by atoms with Crippen molar-refractivity contribution in [1.29, 1.82) is 0 Å². The van der Waals surface area contributed by atoms with Crippen LogP contribution >= 0.6 is 11.6 Å². The maximum absolute atomic E-state index is 9.49. The highest BCUT2D eigenvalue weighted by atomic mass is 35.5. The molecular weight excluding hydrogens is 276 g/mol. The van der Waals surface area contributed by atoms with Crippen molar-refractivity contribution in [3.8, 4) is 0 Å². The molecule has 1 aromatic rings. The molecule has 0 aromatic heterocycles. The lowest BCUT2D eigenvalue weighted by molar-refractivity contribution is 0.199. The van der Waals surface area contributed by atoms with Crippen LogP contribution in [0.25, 0.3) is 0 Å². The number of hydrogen-bond acceptors (Lipinski definition) is 4. The van der Waals surface area contributed by atoms with Crippen LogP contribution in [0.15, 0.2) is 18.2 Å². The Morgan fingerprint density at radius 3 is 3.10 bits per heavy atom. The van der Waals surface area contributed by atoms with Gasteiger partial charge in [0.1, 0.15) is 0 Å². The van der Waals surface area contributed by atoms with E-state index in [0.29, 0.717) is 6.61 Å². The van der Waals surface area contributed by atoms with Gasteiger partial charge in [-0.2, -0.15) is 0 Å². The summed E-state index contributed by atoms with van der Waals surface area (Å²) in [5.74, 6) is 0. The lowest BCUT2D eigenvalue weighted by Crippen LogP contribution is -2.33. The summed E-state index contributed by atoms with van der Waals surface area (Å²) in [6, 6.07) is 6.21. The average Bonchev–Trinajstić information content (AvgIpc) is 2.92. The van der Waals surface area contributed by atoms with Gasteiger partial charge in [0.05, 0.1) is 19.3 Å². The standard InChI is InChI=1S/C15H23ClN2O2/c1-20-8-6-17-10-12-9-13(16)4-5-15(12)18-7-2-3-14(18)11-19/h4-5,9,14,17,19H,2-3,6-8,10-11H2,1H3. The normalized spacial score (nSPS) is 18.8. The molecule has 1 heterocycles. The fourth-order valence-electron chi connectivity index (χ4n) is 2.72. The molecule has 0 spiro atoms. The highest BCUT2D eigenvalue weighted by Crippen LogP contribution is 2.30. The molecule has 20 heavy (non-hydrogen) atoms. The van der Waals surface area contributed by atoms with Gasteiger partial charge in [0, 0.05) is 37.5 Å². The lowest BCUT2D eigenvalue weighted by Gasteiger charge is -2.28. The zero-order valence-corrected chi connectivity index (χ0v) is 12.7. The Morgan fingerprint density at radius 1 is 1.50 bits per heavy atom. The third kappa shape index (κ3) is 3.85. The predicted octanol–water partition coefficient (Wildman–Crippen LogP) is 2.04. The van der Waals surface area contributed by atoms with E-state index in [1.54, 1.807) is 7.11 Å². The molecule has 2 rings (SSSR count). The van der Waals surface area contributed by atoms with Crippen LogP contribution in [0.2, 0.25) is 5.02 Å². The van der Waals surface area contributed by atoms with E-state index in [9.17, 15) is 5.11 Å². The minimum absolute atomic E-state index is 0.208. The quantitative estimate of drug-likeness (QED) is 0.756. The highest BCUT2D eigenvalue weighted by molar-refractivity contribution is 6.30. The van der Waals surface area contributed by atoms with E-state index in [1.165, 1.54) is 11.3 Å². The van der Waals surface area contributed by atoms with Crippen molar-refractivity contribution in [2.24, 2.45) is 0 Å². The molecule has 112 valence electrons. The summed E-state index contributed by atoms with van der Waals surface area (Å²) in [6.45, 7) is 3.47. The number of nitrogens with one attached hydrogen (secondary N) is 1. The maximum Gasteiger partial charge on any atom is 0.0635 e. The van der Waals surface area contributed by atoms with Crippen molar-refractivity contribution >= 4 is 17.3 Å². The number of halogens is 1. The molecule has 1 atom stereocenters. The number of aliphatic hydroxyl groups excluding tert-OH is 1. The second kappa shape index (κ2) is 7.84. The smallest absolute Gasteiger partial charge is 0.0635 e. The van der Waals surface area contributed by atoms with Crippen molar-refractivity contribution in [3.05, 3.63) is 28.8 Å². The summed E-state index contributed by atoms with van der Waals surface area (Å²) >= 11 is 6.11. The molecule has 0 saturated carbocycles. The van der Waals surface area contributed by atoms with Crippen molar-refractivity contribution in [3.63, 3.8) is 0 Å². The fraction of sp³-hybridized carbons (Fsp3) is 0.600. The maximum atomic E-state index is 9.49. The largest absolute Gasteiger partial charge is 0.394 e. The predicted molar refractivity (Wildman–Crippen MR) is 82.5 cm³/mol. The second-order valence-corrected chi connectivity index (χ2v) is 5.55.